The average molecular weight is 314 g/mol. The number of fused-ring (bicyclic) bond motifs is 1. The second kappa shape index (κ2) is 4.97. The summed E-state index contributed by atoms with van der Waals surface area (Å²) in [5.41, 5.74) is 2.90. The van der Waals surface area contributed by atoms with Crippen molar-refractivity contribution in [3.8, 4) is 0 Å². The first-order valence-electron chi connectivity index (χ1n) is 5.97. The summed E-state index contributed by atoms with van der Waals surface area (Å²) in [7, 11) is 0. The lowest BCUT2D eigenvalue weighted by atomic mass is 10.1. The van der Waals surface area contributed by atoms with Crippen LogP contribution in [0.2, 0.25) is 0 Å². The highest BCUT2D eigenvalue weighted by Crippen LogP contribution is 2.21. The summed E-state index contributed by atoms with van der Waals surface area (Å²) in [5, 5.41) is 9.01. The lowest BCUT2D eigenvalue weighted by molar-refractivity contribution is 0.539. The number of rotatable bonds is 3. The molecule has 1 heterocycles. The second-order valence-electron chi connectivity index (χ2n) is 4.24. The lowest BCUT2D eigenvalue weighted by Gasteiger charge is -2.11. The van der Waals surface area contributed by atoms with Crippen LogP contribution in [0.15, 0.2) is 65.7 Å². The quantitative estimate of drug-likeness (QED) is 0.685. The van der Waals surface area contributed by atoms with Crippen LogP contribution in [-0.4, -0.2) is 15.0 Å². The molecule has 0 aliphatic rings. The maximum absolute atomic E-state index is 4.51. The van der Waals surface area contributed by atoms with E-state index in [1.165, 1.54) is 0 Å². The molecule has 1 unspecified atom stereocenters. The predicted octanol–water partition coefficient (Wildman–Crippen LogP) is 3.97. The summed E-state index contributed by atoms with van der Waals surface area (Å²) < 4.78 is 1.05. The number of benzene rings is 2. The zero-order valence-corrected chi connectivity index (χ0v) is 11.8. The van der Waals surface area contributed by atoms with Crippen molar-refractivity contribution in [2.24, 2.45) is 0 Å². The van der Waals surface area contributed by atoms with Gasteiger partial charge in [0.2, 0.25) is 0 Å². The van der Waals surface area contributed by atoms with E-state index in [4.69, 9.17) is 0 Å². The van der Waals surface area contributed by atoms with Crippen molar-refractivity contribution in [3.63, 3.8) is 0 Å². The molecule has 3 aromatic rings. The van der Waals surface area contributed by atoms with Crippen LogP contribution in [0.1, 0.15) is 11.6 Å². The average Bonchev–Trinajstić information content (AvgIpc) is 2.85. The number of hydrogen-bond donors (Lipinski definition) is 0. The third-order valence-corrected chi connectivity index (χ3v) is 3.51. The van der Waals surface area contributed by atoms with E-state index < -0.39 is 0 Å². The van der Waals surface area contributed by atoms with Crippen molar-refractivity contribution < 1.29 is 0 Å². The molecule has 4 heteroatoms. The summed E-state index contributed by atoms with van der Waals surface area (Å²) in [6.45, 7) is 3.89. The van der Waals surface area contributed by atoms with Gasteiger partial charge in [0.15, 0.2) is 0 Å². The van der Waals surface area contributed by atoms with Crippen molar-refractivity contribution in [1.82, 2.24) is 15.0 Å². The zero-order chi connectivity index (χ0) is 13.2. The Morgan fingerprint density at radius 3 is 2.11 bits per heavy atom. The molecule has 94 valence electrons. The summed E-state index contributed by atoms with van der Waals surface area (Å²) in [6.07, 6.45) is 1.85. The van der Waals surface area contributed by atoms with Gasteiger partial charge in [0.05, 0.1) is 0 Å². The Labute approximate surface area is 119 Å². The van der Waals surface area contributed by atoms with Crippen molar-refractivity contribution in [2.45, 2.75) is 6.04 Å². The molecule has 0 amide bonds. The van der Waals surface area contributed by atoms with Gasteiger partial charge in [-0.25, -0.2) is 0 Å². The van der Waals surface area contributed by atoms with E-state index in [9.17, 15) is 0 Å². The molecule has 0 spiro atoms. The number of aromatic nitrogens is 3. The van der Waals surface area contributed by atoms with E-state index in [1.807, 2.05) is 54.6 Å². The molecule has 0 N–H and O–H groups in total. The predicted molar refractivity (Wildman–Crippen MR) is 80.0 cm³/mol. The Kier molecular flexibility index (Phi) is 3.17. The first kappa shape index (κ1) is 12.1. The normalized spacial score (nSPS) is 12.5. The fourth-order valence-corrected chi connectivity index (χ4v) is 2.29. The molecule has 19 heavy (non-hydrogen) atoms. The highest BCUT2D eigenvalue weighted by atomic mass is 79.9. The third kappa shape index (κ3) is 2.31. The summed E-state index contributed by atoms with van der Waals surface area (Å²) in [6, 6.07) is 15.9. The van der Waals surface area contributed by atoms with Gasteiger partial charge in [-0.2, -0.15) is 15.0 Å². The standard InChI is InChI=1S/C15H12BrN3/c1-2-15(11-7-9-12(16)10-8-11)19-17-13-5-3-4-6-14(13)18-19/h2-10,15H,1H2. The summed E-state index contributed by atoms with van der Waals surface area (Å²) >= 11 is 3.44. The van der Waals surface area contributed by atoms with Crippen molar-refractivity contribution in [3.05, 3.63) is 71.2 Å². The minimum Gasteiger partial charge on any atom is -0.172 e. The van der Waals surface area contributed by atoms with Crippen LogP contribution in [0, 0.1) is 0 Å². The summed E-state index contributed by atoms with van der Waals surface area (Å²) in [5.74, 6) is 0. The Hall–Kier alpha value is -1.94. The van der Waals surface area contributed by atoms with Gasteiger partial charge in [-0.05, 0) is 29.8 Å². The lowest BCUT2D eigenvalue weighted by Crippen LogP contribution is -2.11. The Morgan fingerprint density at radius 1 is 1.00 bits per heavy atom. The van der Waals surface area contributed by atoms with Gasteiger partial charge < -0.3 is 0 Å². The highest BCUT2D eigenvalue weighted by molar-refractivity contribution is 9.10. The molecular weight excluding hydrogens is 302 g/mol. The maximum atomic E-state index is 4.51. The minimum atomic E-state index is -0.0551. The van der Waals surface area contributed by atoms with Crippen LogP contribution in [0.25, 0.3) is 11.0 Å². The second-order valence-corrected chi connectivity index (χ2v) is 5.16. The highest BCUT2D eigenvalue weighted by Gasteiger charge is 2.13. The molecule has 0 saturated carbocycles. The molecule has 1 aromatic heterocycles. The van der Waals surface area contributed by atoms with E-state index in [1.54, 1.807) is 4.80 Å². The molecule has 1 atom stereocenters. The molecule has 3 nitrogen and oxygen atoms in total. The molecule has 2 aromatic carbocycles. The topological polar surface area (TPSA) is 30.7 Å². The zero-order valence-electron chi connectivity index (χ0n) is 10.2. The molecule has 0 saturated heterocycles. The van der Waals surface area contributed by atoms with Crippen molar-refractivity contribution >= 4 is 27.0 Å². The molecule has 0 radical (unpaired) electrons. The van der Waals surface area contributed by atoms with Gasteiger partial charge in [0.1, 0.15) is 17.1 Å². The van der Waals surface area contributed by atoms with E-state index >= 15 is 0 Å². The largest absolute Gasteiger partial charge is 0.172 e. The molecule has 3 rings (SSSR count). The van der Waals surface area contributed by atoms with Crippen molar-refractivity contribution in [2.75, 3.05) is 0 Å². The van der Waals surface area contributed by atoms with Crippen molar-refractivity contribution in [1.29, 1.82) is 0 Å². The fraction of sp³-hybridized carbons (Fsp3) is 0.0667. The van der Waals surface area contributed by atoms with E-state index in [2.05, 4.69) is 32.7 Å². The molecule has 0 fully saturated rings. The van der Waals surface area contributed by atoms with E-state index in [0.29, 0.717) is 0 Å². The van der Waals surface area contributed by atoms with Gasteiger partial charge in [0, 0.05) is 4.47 Å². The number of hydrogen-bond acceptors (Lipinski definition) is 2. The van der Waals surface area contributed by atoms with Gasteiger partial charge >= 0.3 is 0 Å². The van der Waals surface area contributed by atoms with Crippen LogP contribution in [-0.2, 0) is 0 Å². The van der Waals surface area contributed by atoms with Crippen LogP contribution in [0.4, 0.5) is 0 Å². The van der Waals surface area contributed by atoms with Crippen LogP contribution < -0.4 is 0 Å². The SMILES string of the molecule is C=CC(c1ccc(Br)cc1)n1nc2ccccc2n1. The smallest absolute Gasteiger partial charge is 0.114 e. The maximum Gasteiger partial charge on any atom is 0.114 e. The van der Waals surface area contributed by atoms with Gasteiger partial charge in [-0.3, -0.25) is 0 Å². The van der Waals surface area contributed by atoms with Gasteiger partial charge in [-0.1, -0.05) is 46.3 Å². The molecule has 0 bridgehead atoms. The van der Waals surface area contributed by atoms with Crippen LogP contribution >= 0.6 is 15.9 Å². The first-order valence-corrected chi connectivity index (χ1v) is 6.77. The molecule has 0 aliphatic carbocycles. The van der Waals surface area contributed by atoms with E-state index in [0.717, 1.165) is 21.1 Å². The molecule has 0 aliphatic heterocycles. The first-order chi connectivity index (χ1) is 9.28. The number of allylic oxidation sites excluding steroid dienone is 1. The van der Waals surface area contributed by atoms with Gasteiger partial charge in [0.25, 0.3) is 0 Å². The van der Waals surface area contributed by atoms with Crippen LogP contribution in [0.3, 0.4) is 0 Å². The Bertz CT molecular complexity index is 683. The third-order valence-electron chi connectivity index (χ3n) is 2.99. The number of halogens is 1. The summed E-state index contributed by atoms with van der Waals surface area (Å²) in [4.78, 5) is 1.71. The molecular formula is C15H12BrN3. The monoisotopic (exact) mass is 313 g/mol. The minimum absolute atomic E-state index is 0.0551. The van der Waals surface area contributed by atoms with Crippen LogP contribution in [0.5, 0.6) is 0 Å². The fourth-order valence-electron chi connectivity index (χ4n) is 2.02. The number of nitrogens with zero attached hydrogens (tertiary/aromatic N) is 3. The van der Waals surface area contributed by atoms with E-state index in [-0.39, 0.29) is 6.04 Å². The Balaban J connectivity index is 2.06. The Morgan fingerprint density at radius 2 is 1.58 bits per heavy atom. The van der Waals surface area contributed by atoms with Gasteiger partial charge in [-0.15, -0.1) is 6.58 Å².